The highest BCUT2D eigenvalue weighted by Gasteiger charge is 1.96. The largest absolute Gasteiger partial charge is 0.487 e. The molecule has 0 aliphatic heterocycles. The van der Waals surface area contributed by atoms with Crippen molar-refractivity contribution < 1.29 is 9.13 Å². The van der Waals surface area contributed by atoms with Gasteiger partial charge in [0.1, 0.15) is 18.2 Å². The molecule has 15 heavy (non-hydrogen) atoms. The van der Waals surface area contributed by atoms with Gasteiger partial charge >= 0.3 is 0 Å². The highest BCUT2D eigenvalue weighted by atomic mass is 127. The molecule has 84 valence electrons. The van der Waals surface area contributed by atoms with Gasteiger partial charge in [-0.3, -0.25) is 0 Å². The Morgan fingerprint density at radius 3 is 2.53 bits per heavy atom. The van der Waals surface area contributed by atoms with Crippen molar-refractivity contribution in [3.63, 3.8) is 0 Å². The first-order valence-electron chi connectivity index (χ1n) is 4.15. The first-order chi connectivity index (χ1) is 6.72. The van der Waals surface area contributed by atoms with Crippen LogP contribution in [0.4, 0.5) is 4.39 Å². The van der Waals surface area contributed by atoms with Crippen LogP contribution in [0.15, 0.2) is 36.2 Å². The fourth-order valence-electron chi connectivity index (χ4n) is 0.870. The number of nitrogens with two attached hydrogens (primary N) is 1. The van der Waals surface area contributed by atoms with Gasteiger partial charge in [-0.1, -0.05) is 0 Å². The summed E-state index contributed by atoms with van der Waals surface area (Å²) in [5.74, 6) is 0.317. The third kappa shape index (κ3) is 5.96. The van der Waals surface area contributed by atoms with E-state index in [0.29, 0.717) is 5.75 Å². The van der Waals surface area contributed by atoms with E-state index in [1.807, 2.05) is 12.1 Å². The van der Waals surface area contributed by atoms with Crippen molar-refractivity contribution in [2.45, 2.75) is 0 Å². The molecule has 0 saturated carbocycles. The second-order valence-corrected chi connectivity index (χ2v) is 3.87. The highest BCUT2D eigenvalue weighted by molar-refractivity contribution is 14.1. The number of rotatable bonds is 4. The SMILES string of the molecule is Cl.NCC=C(F)COc1ccc(I)cc1. The van der Waals surface area contributed by atoms with Crippen LogP contribution in [0, 0.1) is 3.57 Å². The van der Waals surface area contributed by atoms with Crippen molar-refractivity contribution in [2.24, 2.45) is 5.73 Å². The van der Waals surface area contributed by atoms with E-state index >= 15 is 0 Å². The van der Waals surface area contributed by atoms with E-state index in [1.165, 1.54) is 6.08 Å². The summed E-state index contributed by atoms with van der Waals surface area (Å²) < 4.78 is 19.1. The number of ether oxygens (including phenoxy) is 1. The lowest BCUT2D eigenvalue weighted by Gasteiger charge is -2.03. The zero-order valence-electron chi connectivity index (χ0n) is 7.95. The molecule has 0 saturated heterocycles. The molecule has 0 spiro atoms. The van der Waals surface area contributed by atoms with Crippen LogP contribution >= 0.6 is 35.0 Å². The molecule has 0 heterocycles. The summed E-state index contributed by atoms with van der Waals surface area (Å²) in [6.45, 7) is 0.139. The summed E-state index contributed by atoms with van der Waals surface area (Å²) >= 11 is 2.19. The van der Waals surface area contributed by atoms with E-state index in [0.717, 1.165) is 3.57 Å². The van der Waals surface area contributed by atoms with Crippen molar-refractivity contribution in [3.05, 3.63) is 39.7 Å². The predicted molar refractivity (Wildman–Crippen MR) is 70.1 cm³/mol. The minimum atomic E-state index is -0.342. The second kappa shape index (κ2) is 7.90. The molecule has 0 fully saturated rings. The van der Waals surface area contributed by atoms with Gasteiger partial charge in [0.05, 0.1) is 0 Å². The van der Waals surface area contributed by atoms with Crippen LogP contribution in [0.25, 0.3) is 0 Å². The van der Waals surface area contributed by atoms with Crippen LogP contribution in [-0.4, -0.2) is 13.2 Å². The lowest BCUT2D eigenvalue weighted by molar-refractivity contribution is 0.318. The Morgan fingerprint density at radius 2 is 2.00 bits per heavy atom. The Morgan fingerprint density at radius 1 is 1.40 bits per heavy atom. The number of benzene rings is 1. The number of hydrogen-bond acceptors (Lipinski definition) is 2. The van der Waals surface area contributed by atoms with Crippen molar-refractivity contribution in [3.8, 4) is 5.75 Å². The Hall–Kier alpha value is -0.330. The van der Waals surface area contributed by atoms with E-state index in [1.54, 1.807) is 12.1 Å². The maximum Gasteiger partial charge on any atom is 0.139 e. The molecule has 2 N–H and O–H groups in total. The molecule has 0 aliphatic carbocycles. The molecule has 0 atom stereocenters. The molecular formula is C10H12ClFINO. The third-order valence-electron chi connectivity index (χ3n) is 1.53. The van der Waals surface area contributed by atoms with Crippen LogP contribution in [-0.2, 0) is 0 Å². The standard InChI is InChI=1S/C10H11FINO.ClH/c11-8(5-6-13)7-14-10-3-1-9(12)2-4-10;/h1-5H,6-7,13H2;1H. The van der Waals surface area contributed by atoms with Gasteiger partial charge in [-0.2, -0.15) is 0 Å². The van der Waals surface area contributed by atoms with Gasteiger partial charge in [-0.05, 0) is 52.9 Å². The molecule has 0 radical (unpaired) electrons. The Kier molecular flexibility index (Phi) is 7.72. The molecule has 0 aliphatic rings. The zero-order chi connectivity index (χ0) is 10.4. The summed E-state index contributed by atoms with van der Waals surface area (Å²) in [5, 5.41) is 0. The van der Waals surface area contributed by atoms with Crippen LogP contribution in [0.5, 0.6) is 5.75 Å². The van der Waals surface area contributed by atoms with Crippen molar-refractivity contribution in [2.75, 3.05) is 13.2 Å². The molecule has 5 heteroatoms. The normalized spacial score (nSPS) is 10.7. The molecular weight excluding hydrogens is 331 g/mol. The van der Waals surface area contributed by atoms with Gasteiger partial charge in [0, 0.05) is 10.1 Å². The second-order valence-electron chi connectivity index (χ2n) is 2.63. The van der Waals surface area contributed by atoms with Crippen LogP contribution in [0.3, 0.4) is 0 Å². The summed E-state index contributed by atoms with van der Waals surface area (Å²) in [6.07, 6.45) is 1.30. The molecule has 1 aromatic rings. The van der Waals surface area contributed by atoms with E-state index in [2.05, 4.69) is 22.6 Å². The van der Waals surface area contributed by atoms with Crippen LogP contribution in [0.2, 0.25) is 0 Å². The molecule has 0 unspecified atom stereocenters. The van der Waals surface area contributed by atoms with Gasteiger partial charge in [-0.25, -0.2) is 4.39 Å². The van der Waals surface area contributed by atoms with Crippen molar-refractivity contribution in [1.29, 1.82) is 0 Å². The first kappa shape index (κ1) is 14.7. The highest BCUT2D eigenvalue weighted by Crippen LogP contribution is 2.14. The van der Waals surface area contributed by atoms with Gasteiger partial charge in [0.15, 0.2) is 0 Å². The summed E-state index contributed by atoms with van der Waals surface area (Å²) in [5.41, 5.74) is 5.15. The average molecular weight is 344 g/mol. The van der Waals surface area contributed by atoms with Gasteiger partial charge < -0.3 is 10.5 Å². The summed E-state index contributed by atoms with van der Waals surface area (Å²) in [4.78, 5) is 0. The lowest BCUT2D eigenvalue weighted by atomic mass is 10.3. The average Bonchev–Trinajstić information content (AvgIpc) is 2.17. The Labute approximate surface area is 108 Å². The maximum absolute atomic E-state index is 12.8. The minimum absolute atomic E-state index is 0. The molecule has 1 rings (SSSR count). The van der Waals surface area contributed by atoms with Gasteiger partial charge in [-0.15, -0.1) is 12.4 Å². The fourth-order valence-corrected chi connectivity index (χ4v) is 1.23. The van der Waals surface area contributed by atoms with E-state index in [9.17, 15) is 4.39 Å². The molecule has 2 nitrogen and oxygen atoms in total. The van der Waals surface area contributed by atoms with Gasteiger partial charge in [0.25, 0.3) is 0 Å². The quantitative estimate of drug-likeness (QED) is 0.853. The smallest absolute Gasteiger partial charge is 0.139 e. The third-order valence-corrected chi connectivity index (χ3v) is 2.25. The lowest BCUT2D eigenvalue weighted by Crippen LogP contribution is -2.01. The minimum Gasteiger partial charge on any atom is -0.487 e. The number of hydrogen-bond donors (Lipinski definition) is 1. The first-order valence-corrected chi connectivity index (χ1v) is 5.23. The fraction of sp³-hybridized carbons (Fsp3) is 0.200. The van der Waals surface area contributed by atoms with E-state index < -0.39 is 0 Å². The zero-order valence-corrected chi connectivity index (χ0v) is 10.9. The van der Waals surface area contributed by atoms with Crippen molar-refractivity contribution in [1.82, 2.24) is 0 Å². The Balaban J connectivity index is 0.00000196. The molecule has 0 amide bonds. The maximum atomic E-state index is 12.8. The van der Waals surface area contributed by atoms with Crippen LogP contribution < -0.4 is 10.5 Å². The topological polar surface area (TPSA) is 35.2 Å². The number of halogens is 3. The van der Waals surface area contributed by atoms with E-state index in [4.69, 9.17) is 10.5 Å². The Bertz CT molecular complexity index is 316. The molecule has 0 bridgehead atoms. The van der Waals surface area contributed by atoms with Crippen molar-refractivity contribution >= 4 is 35.0 Å². The molecule has 0 aromatic heterocycles. The van der Waals surface area contributed by atoms with Gasteiger partial charge in [0.2, 0.25) is 0 Å². The molecule has 1 aromatic carbocycles. The monoisotopic (exact) mass is 343 g/mol. The summed E-state index contributed by atoms with van der Waals surface area (Å²) in [7, 11) is 0. The predicted octanol–water partition coefficient (Wildman–Crippen LogP) is 2.90. The van der Waals surface area contributed by atoms with E-state index in [-0.39, 0.29) is 31.4 Å². The van der Waals surface area contributed by atoms with Crippen LogP contribution in [0.1, 0.15) is 0 Å². The summed E-state index contributed by atoms with van der Waals surface area (Å²) in [6, 6.07) is 7.41.